The summed E-state index contributed by atoms with van der Waals surface area (Å²) in [5.41, 5.74) is 8.99. The van der Waals surface area contributed by atoms with Gasteiger partial charge in [-0.15, -0.1) is 0 Å². The second-order valence-electron chi connectivity index (χ2n) is 6.61. The molecule has 0 aromatic heterocycles. The van der Waals surface area contributed by atoms with Crippen molar-refractivity contribution in [2.45, 2.75) is 57.0 Å². The number of amides is 1. The van der Waals surface area contributed by atoms with Gasteiger partial charge in [-0.1, -0.05) is 43.5 Å². The minimum atomic E-state index is 0.0188. The fourth-order valence-corrected chi connectivity index (χ4v) is 4.00. The average molecular weight is 286 g/mol. The van der Waals surface area contributed by atoms with Crippen molar-refractivity contribution in [2.24, 2.45) is 11.7 Å². The summed E-state index contributed by atoms with van der Waals surface area (Å²) in [6, 6.07) is 8.80. The summed E-state index contributed by atoms with van der Waals surface area (Å²) in [7, 11) is 1.96. The fourth-order valence-electron chi connectivity index (χ4n) is 4.00. The van der Waals surface area contributed by atoms with Crippen LogP contribution in [-0.2, 0) is 11.2 Å². The monoisotopic (exact) mass is 286 g/mol. The first-order chi connectivity index (χ1) is 10.2. The van der Waals surface area contributed by atoms with Crippen LogP contribution in [0, 0.1) is 5.92 Å². The lowest BCUT2D eigenvalue weighted by Crippen LogP contribution is -2.43. The summed E-state index contributed by atoms with van der Waals surface area (Å²) in [6.45, 7) is 0. The van der Waals surface area contributed by atoms with Gasteiger partial charge in [-0.25, -0.2) is 0 Å². The number of carbonyl (C=O) groups excluding carboxylic acids is 1. The predicted molar refractivity (Wildman–Crippen MR) is 84.8 cm³/mol. The Balaban J connectivity index is 1.76. The summed E-state index contributed by atoms with van der Waals surface area (Å²) in [4.78, 5) is 14.9. The third-order valence-electron chi connectivity index (χ3n) is 5.30. The van der Waals surface area contributed by atoms with Gasteiger partial charge in [-0.3, -0.25) is 4.79 Å². The number of fused-ring (bicyclic) bond motifs is 1. The van der Waals surface area contributed by atoms with Crippen LogP contribution in [0.3, 0.4) is 0 Å². The van der Waals surface area contributed by atoms with Crippen molar-refractivity contribution in [2.75, 3.05) is 7.05 Å². The van der Waals surface area contributed by atoms with Crippen molar-refractivity contribution in [1.29, 1.82) is 0 Å². The van der Waals surface area contributed by atoms with Crippen molar-refractivity contribution >= 4 is 5.91 Å². The number of hydrogen-bond donors (Lipinski definition) is 1. The third kappa shape index (κ3) is 2.84. The van der Waals surface area contributed by atoms with Gasteiger partial charge >= 0.3 is 0 Å². The van der Waals surface area contributed by atoms with E-state index in [9.17, 15) is 4.79 Å². The van der Waals surface area contributed by atoms with E-state index >= 15 is 0 Å². The predicted octanol–water partition coefficient (Wildman–Crippen LogP) is 3.04. The molecule has 3 atom stereocenters. The molecular weight excluding hydrogens is 260 g/mol. The Morgan fingerprint density at radius 1 is 1.14 bits per heavy atom. The molecule has 0 bridgehead atoms. The van der Waals surface area contributed by atoms with E-state index in [0.717, 1.165) is 32.1 Å². The molecule has 1 saturated carbocycles. The first-order valence-electron chi connectivity index (χ1n) is 8.28. The largest absolute Gasteiger partial charge is 0.338 e. The second-order valence-corrected chi connectivity index (χ2v) is 6.61. The molecule has 0 radical (unpaired) electrons. The Hall–Kier alpha value is -1.35. The number of nitrogens with two attached hydrogens (primary N) is 1. The second kappa shape index (κ2) is 6.18. The Kier molecular flexibility index (Phi) is 4.29. The lowest BCUT2D eigenvalue weighted by Gasteiger charge is -2.31. The maximum atomic E-state index is 12.9. The SMILES string of the molecule is CN(C(=O)C1CCCCCC1N)C1CCc2ccccc21. The Bertz CT molecular complexity index is 514. The maximum absolute atomic E-state index is 12.9. The summed E-state index contributed by atoms with van der Waals surface area (Å²) < 4.78 is 0. The smallest absolute Gasteiger partial charge is 0.227 e. The van der Waals surface area contributed by atoms with Crippen molar-refractivity contribution in [3.05, 3.63) is 35.4 Å². The highest BCUT2D eigenvalue weighted by atomic mass is 16.2. The van der Waals surface area contributed by atoms with E-state index in [1.807, 2.05) is 11.9 Å². The Morgan fingerprint density at radius 3 is 2.76 bits per heavy atom. The maximum Gasteiger partial charge on any atom is 0.227 e. The number of carbonyl (C=O) groups is 1. The number of rotatable bonds is 2. The molecule has 0 spiro atoms. The van der Waals surface area contributed by atoms with Crippen LogP contribution in [0.25, 0.3) is 0 Å². The van der Waals surface area contributed by atoms with Gasteiger partial charge in [-0.05, 0) is 36.8 Å². The third-order valence-corrected chi connectivity index (χ3v) is 5.30. The Morgan fingerprint density at radius 2 is 1.90 bits per heavy atom. The quantitative estimate of drug-likeness (QED) is 0.849. The molecule has 0 aliphatic heterocycles. The molecule has 3 nitrogen and oxygen atoms in total. The van der Waals surface area contributed by atoms with Crippen molar-refractivity contribution in [3.8, 4) is 0 Å². The molecule has 21 heavy (non-hydrogen) atoms. The van der Waals surface area contributed by atoms with Gasteiger partial charge in [0.1, 0.15) is 0 Å². The lowest BCUT2D eigenvalue weighted by atomic mass is 9.93. The van der Waals surface area contributed by atoms with Gasteiger partial charge in [0.25, 0.3) is 0 Å². The summed E-state index contributed by atoms with van der Waals surface area (Å²) >= 11 is 0. The molecule has 2 aliphatic carbocycles. The van der Waals surface area contributed by atoms with Crippen LogP contribution >= 0.6 is 0 Å². The van der Waals surface area contributed by atoms with Gasteiger partial charge in [-0.2, -0.15) is 0 Å². The molecule has 2 N–H and O–H groups in total. The van der Waals surface area contributed by atoms with Gasteiger partial charge in [0.15, 0.2) is 0 Å². The molecule has 1 aromatic rings. The zero-order valence-corrected chi connectivity index (χ0v) is 12.9. The van der Waals surface area contributed by atoms with E-state index < -0.39 is 0 Å². The number of hydrogen-bond acceptors (Lipinski definition) is 2. The highest BCUT2D eigenvalue weighted by Gasteiger charge is 2.34. The van der Waals surface area contributed by atoms with Gasteiger partial charge < -0.3 is 10.6 Å². The van der Waals surface area contributed by atoms with Crippen LogP contribution in [0.2, 0.25) is 0 Å². The fraction of sp³-hybridized carbons (Fsp3) is 0.611. The van der Waals surface area contributed by atoms with Gasteiger partial charge in [0.05, 0.1) is 12.0 Å². The topological polar surface area (TPSA) is 46.3 Å². The molecular formula is C18H26N2O. The van der Waals surface area contributed by atoms with Gasteiger partial charge in [0.2, 0.25) is 5.91 Å². The molecule has 1 fully saturated rings. The van der Waals surface area contributed by atoms with Crippen LogP contribution in [0.4, 0.5) is 0 Å². The molecule has 2 aliphatic rings. The van der Waals surface area contributed by atoms with E-state index in [1.165, 1.54) is 24.0 Å². The van der Waals surface area contributed by atoms with Crippen LogP contribution in [0.5, 0.6) is 0 Å². The molecule has 3 rings (SSSR count). The van der Waals surface area contributed by atoms with Crippen molar-refractivity contribution in [1.82, 2.24) is 4.90 Å². The summed E-state index contributed by atoms with van der Waals surface area (Å²) in [5.74, 6) is 0.274. The molecule has 3 unspecified atom stereocenters. The minimum Gasteiger partial charge on any atom is -0.338 e. The number of benzene rings is 1. The van der Waals surface area contributed by atoms with E-state index in [4.69, 9.17) is 5.73 Å². The standard InChI is InChI=1S/C18H26N2O/c1-20(17-12-11-13-7-5-6-8-14(13)17)18(21)15-9-3-2-4-10-16(15)19/h5-8,15-17H,2-4,9-12,19H2,1H3. The first-order valence-corrected chi connectivity index (χ1v) is 8.28. The van der Waals surface area contributed by atoms with Crippen molar-refractivity contribution in [3.63, 3.8) is 0 Å². The van der Waals surface area contributed by atoms with E-state index in [2.05, 4.69) is 24.3 Å². The normalized spacial score (nSPS) is 28.8. The highest BCUT2D eigenvalue weighted by molar-refractivity contribution is 5.80. The lowest BCUT2D eigenvalue weighted by molar-refractivity contribution is -0.137. The zero-order valence-electron chi connectivity index (χ0n) is 12.9. The van der Waals surface area contributed by atoms with E-state index in [1.54, 1.807) is 0 Å². The van der Waals surface area contributed by atoms with Crippen LogP contribution in [-0.4, -0.2) is 23.9 Å². The van der Waals surface area contributed by atoms with Crippen LogP contribution < -0.4 is 5.73 Å². The summed E-state index contributed by atoms with van der Waals surface area (Å²) in [6.07, 6.45) is 7.59. The highest BCUT2D eigenvalue weighted by Crippen LogP contribution is 2.36. The number of nitrogens with zero attached hydrogens (tertiary/aromatic N) is 1. The molecule has 1 amide bonds. The first kappa shape index (κ1) is 14.6. The molecule has 1 aromatic carbocycles. The van der Waals surface area contributed by atoms with E-state index in [-0.39, 0.29) is 23.9 Å². The van der Waals surface area contributed by atoms with Crippen molar-refractivity contribution < 1.29 is 4.79 Å². The number of aryl methyl sites for hydroxylation is 1. The molecule has 0 saturated heterocycles. The Labute approximate surface area is 127 Å². The van der Waals surface area contributed by atoms with Crippen LogP contribution in [0.15, 0.2) is 24.3 Å². The zero-order chi connectivity index (χ0) is 14.8. The minimum absolute atomic E-state index is 0.0188. The molecule has 3 heteroatoms. The van der Waals surface area contributed by atoms with Crippen LogP contribution in [0.1, 0.15) is 55.7 Å². The summed E-state index contributed by atoms with van der Waals surface area (Å²) in [5, 5.41) is 0. The van der Waals surface area contributed by atoms with Gasteiger partial charge in [0, 0.05) is 13.1 Å². The average Bonchev–Trinajstić information content (AvgIpc) is 2.81. The van der Waals surface area contributed by atoms with E-state index in [0.29, 0.717) is 0 Å². The molecule has 0 heterocycles. The molecule has 114 valence electrons.